The molecule has 29 heavy (non-hydrogen) atoms. The summed E-state index contributed by atoms with van der Waals surface area (Å²) < 4.78 is 1.53. The van der Waals surface area contributed by atoms with Crippen molar-refractivity contribution in [2.24, 2.45) is 0 Å². The van der Waals surface area contributed by atoms with Gasteiger partial charge in [-0.05, 0) is 47.7 Å². The van der Waals surface area contributed by atoms with Gasteiger partial charge in [-0.3, -0.25) is 9.59 Å². The number of nitrogens with zero attached hydrogens (tertiary/aromatic N) is 6. The van der Waals surface area contributed by atoms with E-state index in [4.69, 9.17) is 0 Å². The van der Waals surface area contributed by atoms with Gasteiger partial charge in [-0.1, -0.05) is 38.1 Å². The fourth-order valence-electron chi connectivity index (χ4n) is 3.91. The molecule has 8 heteroatoms. The number of likely N-dealkylation sites (tertiary alicyclic amines) is 1. The third kappa shape index (κ3) is 4.31. The summed E-state index contributed by atoms with van der Waals surface area (Å²) in [6.07, 6.45) is 2.57. The van der Waals surface area contributed by atoms with Gasteiger partial charge in [0.05, 0.1) is 6.04 Å². The first-order chi connectivity index (χ1) is 14.0. The van der Waals surface area contributed by atoms with Crippen molar-refractivity contribution in [2.45, 2.75) is 58.5 Å². The van der Waals surface area contributed by atoms with Crippen LogP contribution in [0, 0.1) is 0 Å². The van der Waals surface area contributed by atoms with E-state index in [2.05, 4.69) is 53.6 Å². The molecule has 1 aromatic carbocycles. The highest BCUT2D eigenvalue weighted by molar-refractivity contribution is 5.88. The van der Waals surface area contributed by atoms with Gasteiger partial charge in [-0.2, -0.15) is 0 Å². The number of β-lactam (4-membered cyclic amide) rings is 1. The number of hydrogen-bond acceptors (Lipinski definition) is 5. The summed E-state index contributed by atoms with van der Waals surface area (Å²) in [5.41, 5.74) is 2.32. The Morgan fingerprint density at radius 2 is 1.83 bits per heavy atom. The van der Waals surface area contributed by atoms with Gasteiger partial charge >= 0.3 is 0 Å². The van der Waals surface area contributed by atoms with Crippen LogP contribution in [0.1, 0.15) is 69.7 Å². The van der Waals surface area contributed by atoms with Crippen LogP contribution in [0.5, 0.6) is 0 Å². The lowest BCUT2D eigenvalue weighted by Gasteiger charge is -2.47. The van der Waals surface area contributed by atoms with Crippen molar-refractivity contribution in [3.05, 3.63) is 41.7 Å². The van der Waals surface area contributed by atoms with Gasteiger partial charge in [0.25, 0.3) is 5.91 Å². The molecule has 1 aliphatic rings. The highest BCUT2D eigenvalue weighted by Crippen LogP contribution is 2.43. The number of benzene rings is 1. The fraction of sp³-hybridized carbons (Fsp3) is 0.571. The highest BCUT2D eigenvalue weighted by Gasteiger charge is 2.49. The Balaban J connectivity index is 1.73. The molecule has 2 atom stereocenters. The molecular formula is C21H30N6O2. The van der Waals surface area contributed by atoms with E-state index in [0.717, 1.165) is 5.56 Å². The first-order valence-corrected chi connectivity index (χ1v) is 10.4. The largest absolute Gasteiger partial charge is 0.343 e. The average molecular weight is 399 g/mol. The van der Waals surface area contributed by atoms with Gasteiger partial charge in [0.1, 0.15) is 6.33 Å². The topological polar surface area (TPSA) is 84.2 Å². The number of hydrogen-bond donors (Lipinski definition) is 0. The van der Waals surface area contributed by atoms with Crippen LogP contribution in [0.4, 0.5) is 0 Å². The molecule has 1 fully saturated rings. The van der Waals surface area contributed by atoms with Crippen molar-refractivity contribution >= 4 is 11.8 Å². The van der Waals surface area contributed by atoms with Crippen molar-refractivity contribution in [1.82, 2.24) is 30.0 Å². The molecule has 0 spiro atoms. The van der Waals surface area contributed by atoms with Crippen LogP contribution >= 0.6 is 0 Å². The standard InChI is InChI=1S/C21H30N6O2/c1-5-25(6-2)18(28)8-7-13-26-19(17-11-9-16(10-12-17)15(3)4)20(21(26)29)27-14-22-23-24-27/h9-12,14-15,19-20H,5-8,13H2,1-4H3/t19-,20+/m1/s1. The second kappa shape index (κ2) is 9.15. The number of amides is 2. The first kappa shape index (κ1) is 21.0. The molecule has 2 aromatic rings. The number of rotatable bonds is 9. The molecule has 1 aliphatic heterocycles. The lowest BCUT2D eigenvalue weighted by Crippen LogP contribution is -2.56. The summed E-state index contributed by atoms with van der Waals surface area (Å²) >= 11 is 0. The van der Waals surface area contributed by atoms with Crippen LogP contribution in [0.25, 0.3) is 0 Å². The summed E-state index contributed by atoms with van der Waals surface area (Å²) in [6, 6.07) is 7.82. The molecule has 1 saturated heterocycles. The zero-order chi connectivity index (χ0) is 21.0. The lowest BCUT2D eigenvalue weighted by atomic mass is 9.87. The number of carbonyl (C=O) groups excluding carboxylic acids is 2. The second-order valence-corrected chi connectivity index (χ2v) is 7.70. The van der Waals surface area contributed by atoms with Crippen molar-refractivity contribution in [3.63, 3.8) is 0 Å². The summed E-state index contributed by atoms with van der Waals surface area (Å²) in [4.78, 5) is 28.8. The van der Waals surface area contributed by atoms with Crippen molar-refractivity contribution in [1.29, 1.82) is 0 Å². The van der Waals surface area contributed by atoms with Crippen LogP contribution < -0.4 is 0 Å². The van der Waals surface area contributed by atoms with Crippen LogP contribution in [-0.2, 0) is 9.59 Å². The monoisotopic (exact) mass is 398 g/mol. The highest BCUT2D eigenvalue weighted by atomic mass is 16.2. The molecule has 0 saturated carbocycles. The Morgan fingerprint density at radius 1 is 1.14 bits per heavy atom. The molecule has 156 valence electrons. The summed E-state index contributed by atoms with van der Waals surface area (Å²) in [6.45, 7) is 10.2. The Kier molecular flexibility index (Phi) is 6.61. The predicted octanol–water partition coefficient (Wildman–Crippen LogP) is 2.57. The Hall–Kier alpha value is -2.77. The van der Waals surface area contributed by atoms with E-state index in [-0.39, 0.29) is 17.9 Å². The van der Waals surface area contributed by atoms with E-state index >= 15 is 0 Å². The predicted molar refractivity (Wildman–Crippen MR) is 109 cm³/mol. The molecule has 0 radical (unpaired) electrons. The van der Waals surface area contributed by atoms with Crippen molar-refractivity contribution in [3.8, 4) is 0 Å². The molecule has 0 bridgehead atoms. The van der Waals surface area contributed by atoms with Crippen molar-refractivity contribution in [2.75, 3.05) is 19.6 Å². The molecular weight excluding hydrogens is 368 g/mol. The Morgan fingerprint density at radius 3 is 2.38 bits per heavy atom. The van der Waals surface area contributed by atoms with Gasteiger partial charge in [-0.25, -0.2) is 4.68 Å². The average Bonchev–Trinajstić information content (AvgIpc) is 3.24. The van der Waals surface area contributed by atoms with E-state index in [1.807, 2.05) is 23.6 Å². The SMILES string of the molecule is CCN(CC)C(=O)CCCN1C(=O)[C@@H](n2cnnn2)[C@H]1c1ccc(C(C)C)cc1. The molecule has 0 unspecified atom stereocenters. The summed E-state index contributed by atoms with van der Waals surface area (Å²) in [5.74, 6) is 0.577. The third-order valence-electron chi connectivity index (χ3n) is 5.67. The zero-order valence-electron chi connectivity index (χ0n) is 17.7. The van der Waals surface area contributed by atoms with Gasteiger partial charge in [0.2, 0.25) is 5.91 Å². The number of aromatic nitrogens is 4. The van der Waals surface area contributed by atoms with E-state index in [0.29, 0.717) is 38.4 Å². The number of tetrazole rings is 1. The van der Waals surface area contributed by atoms with Gasteiger partial charge in [0, 0.05) is 26.1 Å². The maximum atomic E-state index is 12.9. The smallest absolute Gasteiger partial charge is 0.250 e. The molecule has 0 N–H and O–H groups in total. The van der Waals surface area contributed by atoms with Gasteiger partial charge < -0.3 is 9.80 Å². The van der Waals surface area contributed by atoms with Crippen LogP contribution in [-0.4, -0.2) is 61.5 Å². The molecule has 2 heterocycles. The maximum absolute atomic E-state index is 12.9. The van der Waals surface area contributed by atoms with E-state index in [9.17, 15) is 9.59 Å². The van der Waals surface area contributed by atoms with Gasteiger partial charge in [-0.15, -0.1) is 5.10 Å². The zero-order valence-corrected chi connectivity index (χ0v) is 17.7. The maximum Gasteiger partial charge on any atom is 0.250 e. The molecule has 3 rings (SSSR count). The quantitative estimate of drug-likeness (QED) is 0.606. The first-order valence-electron chi connectivity index (χ1n) is 10.4. The molecule has 0 aliphatic carbocycles. The van der Waals surface area contributed by atoms with Crippen LogP contribution in [0.3, 0.4) is 0 Å². The Labute approximate surface area is 171 Å². The second-order valence-electron chi connectivity index (χ2n) is 7.70. The minimum absolute atomic E-state index is 0.00877. The normalized spacial score (nSPS) is 18.8. The molecule has 1 aromatic heterocycles. The lowest BCUT2D eigenvalue weighted by molar-refractivity contribution is -0.156. The fourth-order valence-corrected chi connectivity index (χ4v) is 3.91. The van der Waals surface area contributed by atoms with Crippen molar-refractivity contribution < 1.29 is 9.59 Å². The van der Waals surface area contributed by atoms with Gasteiger partial charge in [0.15, 0.2) is 6.04 Å². The van der Waals surface area contributed by atoms with E-state index in [1.54, 1.807) is 0 Å². The van der Waals surface area contributed by atoms with E-state index in [1.165, 1.54) is 16.6 Å². The molecule has 2 amide bonds. The van der Waals surface area contributed by atoms with E-state index < -0.39 is 6.04 Å². The molecule has 8 nitrogen and oxygen atoms in total. The minimum Gasteiger partial charge on any atom is -0.343 e. The third-order valence-corrected chi connectivity index (χ3v) is 5.67. The van der Waals surface area contributed by atoms with Crippen LogP contribution in [0.2, 0.25) is 0 Å². The van der Waals surface area contributed by atoms with Crippen LogP contribution in [0.15, 0.2) is 30.6 Å². The Bertz CT molecular complexity index is 814. The number of carbonyl (C=O) groups is 2. The summed E-state index contributed by atoms with van der Waals surface area (Å²) in [7, 11) is 0. The minimum atomic E-state index is -0.437. The summed E-state index contributed by atoms with van der Waals surface area (Å²) in [5, 5.41) is 11.3.